The Morgan fingerprint density at radius 1 is 2.00 bits per heavy atom. The van der Waals surface area contributed by atoms with Crippen molar-refractivity contribution in [2.75, 3.05) is 0 Å². The van der Waals surface area contributed by atoms with Crippen molar-refractivity contribution in [2.45, 2.75) is 13.3 Å². The fraction of sp³-hybridized carbons (Fsp3) is 0.667. The van der Waals surface area contributed by atoms with Crippen molar-refractivity contribution < 1.29 is 4.39 Å². The van der Waals surface area contributed by atoms with Crippen LogP contribution in [0.25, 0.3) is 0 Å². The summed E-state index contributed by atoms with van der Waals surface area (Å²) in [6.07, 6.45) is 0.472. The van der Waals surface area contributed by atoms with E-state index in [0.717, 1.165) is 0 Å². The molecule has 0 aromatic rings. The summed E-state index contributed by atoms with van der Waals surface area (Å²) in [7, 11) is 0. The van der Waals surface area contributed by atoms with Crippen LogP contribution in [-0.2, 0) is 0 Å². The number of hydrogen-bond acceptors (Lipinski definition) is 0. The summed E-state index contributed by atoms with van der Waals surface area (Å²) in [5.74, 6) is 0. The number of hydrogen-bond donors (Lipinski definition) is 0. The molecule has 0 atom stereocenters. The molecule has 0 bridgehead atoms. The highest BCUT2D eigenvalue weighted by Gasteiger charge is 1.91. The third kappa shape index (κ3) is 4.41. The standard InChI is InChI=1S/C3H5BrF/c1-2-3(4)5/h2H2,1H3. The topological polar surface area (TPSA) is 0 Å². The lowest BCUT2D eigenvalue weighted by molar-refractivity contribution is 0.568. The lowest BCUT2D eigenvalue weighted by atomic mass is 10.6. The summed E-state index contributed by atoms with van der Waals surface area (Å²) in [6, 6.07) is 0. The predicted molar refractivity (Wildman–Crippen MR) is 23.6 cm³/mol. The molecule has 31 valence electrons. The molecule has 0 spiro atoms. The normalized spacial score (nSPS) is 9.60. The van der Waals surface area contributed by atoms with Gasteiger partial charge in [-0.05, 0) is 22.4 Å². The van der Waals surface area contributed by atoms with Gasteiger partial charge in [-0.25, -0.2) is 4.39 Å². The molecule has 0 aromatic carbocycles. The first-order valence-corrected chi connectivity index (χ1v) is 2.23. The van der Waals surface area contributed by atoms with Gasteiger partial charge in [0, 0.05) is 0 Å². The molecule has 0 nitrogen and oxygen atoms in total. The average Bonchev–Trinajstić information content (AvgIpc) is 1.38. The van der Waals surface area contributed by atoms with Gasteiger partial charge in [-0.15, -0.1) is 0 Å². The molecule has 0 unspecified atom stereocenters. The zero-order chi connectivity index (χ0) is 4.28. The van der Waals surface area contributed by atoms with Gasteiger partial charge in [-0.2, -0.15) is 0 Å². The van der Waals surface area contributed by atoms with E-state index in [1.807, 2.05) is 0 Å². The second-order valence-corrected chi connectivity index (χ2v) is 1.55. The van der Waals surface area contributed by atoms with Crippen molar-refractivity contribution >= 4 is 15.9 Å². The zero-order valence-electron chi connectivity index (χ0n) is 2.96. The first kappa shape index (κ1) is 5.41. The highest BCUT2D eigenvalue weighted by atomic mass is 79.9. The summed E-state index contributed by atoms with van der Waals surface area (Å²) >= 11 is 2.62. The minimum Gasteiger partial charge on any atom is -0.227 e. The molecule has 0 saturated heterocycles. The van der Waals surface area contributed by atoms with E-state index >= 15 is 0 Å². The molecule has 0 fully saturated rings. The van der Waals surface area contributed by atoms with Crippen LogP contribution in [0.3, 0.4) is 0 Å². The van der Waals surface area contributed by atoms with Gasteiger partial charge < -0.3 is 0 Å². The summed E-state index contributed by atoms with van der Waals surface area (Å²) in [5.41, 5.74) is 0. The first-order chi connectivity index (χ1) is 2.27. The second kappa shape index (κ2) is 2.64. The largest absolute Gasteiger partial charge is 0.227 e. The molecular weight excluding hydrogens is 135 g/mol. The maximum absolute atomic E-state index is 11.3. The molecule has 0 N–H and O–H groups in total. The molecule has 0 aliphatic rings. The molecule has 0 aromatic heterocycles. The van der Waals surface area contributed by atoms with Crippen molar-refractivity contribution in [1.29, 1.82) is 0 Å². The Morgan fingerprint density at radius 2 is 2.20 bits per heavy atom. The maximum atomic E-state index is 11.3. The summed E-state index contributed by atoms with van der Waals surface area (Å²) < 4.78 is 11.3. The molecule has 2 heteroatoms. The predicted octanol–water partition coefficient (Wildman–Crippen LogP) is 2.25. The highest BCUT2D eigenvalue weighted by molar-refractivity contribution is 9.11. The van der Waals surface area contributed by atoms with Crippen LogP contribution in [0, 0.1) is 5.08 Å². The summed E-state index contributed by atoms with van der Waals surface area (Å²) in [6.45, 7) is 1.74. The maximum Gasteiger partial charge on any atom is 0.208 e. The van der Waals surface area contributed by atoms with Gasteiger partial charge in [-0.1, -0.05) is 6.92 Å². The monoisotopic (exact) mass is 139 g/mol. The minimum absolute atomic E-state index is 0.183. The van der Waals surface area contributed by atoms with E-state index in [9.17, 15) is 4.39 Å². The van der Waals surface area contributed by atoms with Crippen LogP contribution in [-0.4, -0.2) is 0 Å². The fourth-order valence-electron chi connectivity index (χ4n) is 0. The minimum atomic E-state index is -0.183. The molecule has 0 aliphatic carbocycles. The van der Waals surface area contributed by atoms with Crippen molar-refractivity contribution in [3.8, 4) is 0 Å². The quantitative estimate of drug-likeness (QED) is 0.523. The second-order valence-electron chi connectivity index (χ2n) is 0.692. The SMILES string of the molecule is CC[C](F)Br. The van der Waals surface area contributed by atoms with E-state index in [4.69, 9.17) is 0 Å². The Hall–Kier alpha value is 0.410. The van der Waals surface area contributed by atoms with Crippen molar-refractivity contribution in [3.63, 3.8) is 0 Å². The molecule has 1 radical (unpaired) electrons. The van der Waals surface area contributed by atoms with Gasteiger partial charge in [0.2, 0.25) is 5.08 Å². The first-order valence-electron chi connectivity index (χ1n) is 1.44. The van der Waals surface area contributed by atoms with Gasteiger partial charge in [0.1, 0.15) is 0 Å². The molecule has 0 heterocycles. The van der Waals surface area contributed by atoms with Crippen LogP contribution in [0.15, 0.2) is 0 Å². The molecule has 0 rings (SSSR count). The Kier molecular flexibility index (Phi) is 2.85. The van der Waals surface area contributed by atoms with Gasteiger partial charge in [0.25, 0.3) is 0 Å². The van der Waals surface area contributed by atoms with Gasteiger partial charge in [0.15, 0.2) is 0 Å². The zero-order valence-corrected chi connectivity index (χ0v) is 4.55. The number of halogens is 2. The Balaban J connectivity index is 2.54. The van der Waals surface area contributed by atoms with Crippen molar-refractivity contribution in [1.82, 2.24) is 0 Å². The smallest absolute Gasteiger partial charge is 0.208 e. The van der Waals surface area contributed by atoms with E-state index < -0.39 is 0 Å². The van der Waals surface area contributed by atoms with Gasteiger partial charge in [0.05, 0.1) is 0 Å². The van der Waals surface area contributed by atoms with Gasteiger partial charge in [-0.3, -0.25) is 0 Å². The van der Waals surface area contributed by atoms with Crippen molar-refractivity contribution in [2.24, 2.45) is 0 Å². The van der Waals surface area contributed by atoms with E-state index in [-0.39, 0.29) is 5.08 Å². The van der Waals surface area contributed by atoms with E-state index in [1.165, 1.54) is 0 Å². The lowest BCUT2D eigenvalue weighted by Gasteiger charge is -1.81. The third-order valence-corrected chi connectivity index (χ3v) is 0.828. The van der Waals surface area contributed by atoms with Crippen LogP contribution in [0.1, 0.15) is 13.3 Å². The molecule has 0 amide bonds. The fourth-order valence-corrected chi connectivity index (χ4v) is 0. The molecular formula is C3H5BrF. The van der Waals surface area contributed by atoms with Crippen LogP contribution >= 0.6 is 15.9 Å². The van der Waals surface area contributed by atoms with Gasteiger partial charge >= 0.3 is 0 Å². The molecule has 5 heavy (non-hydrogen) atoms. The third-order valence-electron chi connectivity index (χ3n) is 0.267. The highest BCUT2D eigenvalue weighted by Crippen LogP contribution is 2.13. The van der Waals surface area contributed by atoms with E-state index in [0.29, 0.717) is 6.42 Å². The van der Waals surface area contributed by atoms with Crippen LogP contribution in [0.5, 0.6) is 0 Å². The number of rotatable bonds is 1. The van der Waals surface area contributed by atoms with Crippen LogP contribution in [0.2, 0.25) is 0 Å². The average molecular weight is 140 g/mol. The molecule has 0 aliphatic heterocycles. The van der Waals surface area contributed by atoms with Crippen LogP contribution < -0.4 is 0 Å². The Bertz CT molecular complexity index is 20.9. The Morgan fingerprint density at radius 3 is 2.20 bits per heavy atom. The van der Waals surface area contributed by atoms with E-state index in [1.54, 1.807) is 6.92 Å². The Labute approximate surface area is 39.5 Å². The lowest BCUT2D eigenvalue weighted by Crippen LogP contribution is -1.63. The summed E-state index contributed by atoms with van der Waals surface area (Å²) in [5, 5.41) is -0.183. The van der Waals surface area contributed by atoms with Crippen LogP contribution in [0.4, 0.5) is 4.39 Å². The van der Waals surface area contributed by atoms with E-state index in [2.05, 4.69) is 15.9 Å². The van der Waals surface area contributed by atoms with Crippen molar-refractivity contribution in [3.05, 3.63) is 5.08 Å². The summed E-state index contributed by atoms with van der Waals surface area (Å²) in [4.78, 5) is 0. The molecule has 0 saturated carbocycles.